The molecule has 2 heterocycles. The molecule has 2 aliphatic heterocycles. The molecule has 0 bridgehead atoms. The van der Waals surface area contributed by atoms with E-state index in [0.29, 0.717) is 31.3 Å². The molecule has 0 aliphatic carbocycles. The summed E-state index contributed by atoms with van der Waals surface area (Å²) in [4.78, 5) is 26.1. The topological polar surface area (TPSA) is 62.3 Å². The molecule has 0 N–H and O–H groups in total. The number of benzene rings is 2. The molecule has 7 nitrogen and oxygen atoms in total. The van der Waals surface area contributed by atoms with Crippen LogP contribution in [0.3, 0.4) is 0 Å². The van der Waals surface area contributed by atoms with E-state index < -0.39 is 0 Å². The first-order chi connectivity index (χ1) is 21.3. The van der Waals surface area contributed by atoms with Crippen molar-refractivity contribution in [3.05, 3.63) is 53.3 Å². The van der Waals surface area contributed by atoms with E-state index in [9.17, 15) is 9.18 Å². The maximum Gasteiger partial charge on any atom is 0.231 e. The maximum absolute atomic E-state index is 13.2. The Labute approximate surface area is 265 Å². The van der Waals surface area contributed by atoms with Gasteiger partial charge in [0.25, 0.3) is 0 Å². The Morgan fingerprint density at radius 3 is 2.34 bits per heavy atom. The molecule has 0 radical (unpaired) electrons. The molecule has 2 atom stereocenters. The highest BCUT2D eigenvalue weighted by molar-refractivity contribution is 5.52. The molecule has 2 aliphatic rings. The van der Waals surface area contributed by atoms with E-state index in [4.69, 9.17) is 14.3 Å². The summed E-state index contributed by atoms with van der Waals surface area (Å²) < 4.78 is 24.2. The lowest BCUT2D eigenvalue weighted by atomic mass is 9.95. The minimum Gasteiger partial charge on any atom is -0.454 e. The zero-order valence-electron chi connectivity index (χ0n) is 28.0. The van der Waals surface area contributed by atoms with Crippen molar-refractivity contribution < 1.29 is 23.5 Å². The molecule has 0 amide bonds. The number of fused-ring (bicyclic) bond motifs is 1. The summed E-state index contributed by atoms with van der Waals surface area (Å²) in [6.07, 6.45) is 10.5. The third-order valence-electron chi connectivity index (χ3n) is 8.78. The van der Waals surface area contributed by atoms with Gasteiger partial charge in [-0.05, 0) is 107 Å². The van der Waals surface area contributed by atoms with E-state index >= 15 is 0 Å². The van der Waals surface area contributed by atoms with E-state index in [1.807, 2.05) is 31.9 Å². The van der Waals surface area contributed by atoms with Crippen LogP contribution in [0.25, 0.3) is 0 Å². The lowest BCUT2D eigenvalue weighted by molar-refractivity contribution is -0.109. The molecular formula is C36H56FN3O4. The van der Waals surface area contributed by atoms with Crippen LogP contribution in [0, 0.1) is 12.7 Å². The zero-order chi connectivity index (χ0) is 32.5. The van der Waals surface area contributed by atoms with Gasteiger partial charge in [-0.2, -0.15) is 0 Å². The number of aryl methyl sites for hydroxylation is 1. The summed E-state index contributed by atoms with van der Waals surface area (Å²) in [5.41, 5.74) is 3.14. The van der Waals surface area contributed by atoms with E-state index in [0.717, 1.165) is 61.5 Å². The second-order valence-electron chi connectivity index (χ2n) is 12.0. The lowest BCUT2D eigenvalue weighted by Gasteiger charge is -2.30. The smallest absolute Gasteiger partial charge is 0.231 e. The van der Waals surface area contributed by atoms with Gasteiger partial charge in [-0.15, -0.1) is 0 Å². The Bertz CT molecular complexity index is 1110. The van der Waals surface area contributed by atoms with Crippen LogP contribution in [0.2, 0.25) is 0 Å². The summed E-state index contributed by atoms with van der Waals surface area (Å²) >= 11 is 0. The third-order valence-corrected chi connectivity index (χ3v) is 8.78. The minimum atomic E-state index is -0.121. The Hall–Kier alpha value is -2.97. The van der Waals surface area contributed by atoms with Gasteiger partial charge < -0.3 is 28.9 Å². The van der Waals surface area contributed by atoms with Crippen molar-refractivity contribution in [1.29, 1.82) is 0 Å². The summed E-state index contributed by atoms with van der Waals surface area (Å²) in [5, 5.41) is 0. The Kier molecular flexibility index (Phi) is 17.0. The number of nitrogens with zero attached hydrogens (tertiary/aromatic N) is 3. The van der Waals surface area contributed by atoms with Gasteiger partial charge in [0.05, 0.1) is 6.54 Å². The largest absolute Gasteiger partial charge is 0.454 e. The predicted molar refractivity (Wildman–Crippen MR) is 179 cm³/mol. The van der Waals surface area contributed by atoms with Crippen molar-refractivity contribution in [2.24, 2.45) is 0 Å². The number of carbonyl (C=O) groups excluding carboxylic acids is 2. The molecule has 0 saturated carbocycles. The summed E-state index contributed by atoms with van der Waals surface area (Å²) in [7, 11) is 4.31. The molecule has 8 heteroatoms. The number of hydrogen-bond acceptors (Lipinski definition) is 7. The van der Waals surface area contributed by atoms with Crippen LogP contribution in [0.15, 0.2) is 36.4 Å². The van der Waals surface area contributed by atoms with Gasteiger partial charge in [-0.25, -0.2) is 4.39 Å². The summed E-state index contributed by atoms with van der Waals surface area (Å²) in [6, 6.07) is 12.7. The molecule has 2 aromatic carbocycles. The fraction of sp³-hybridized carbons (Fsp3) is 0.611. The third kappa shape index (κ3) is 11.2. The number of carbonyl (C=O) groups is 2. The van der Waals surface area contributed by atoms with Crippen LogP contribution < -0.4 is 14.4 Å². The first-order valence-electron chi connectivity index (χ1n) is 16.3. The highest BCUT2D eigenvalue weighted by Gasteiger charge is 2.33. The van der Waals surface area contributed by atoms with Crippen LogP contribution in [0.5, 0.6) is 11.5 Å². The Morgan fingerprint density at radius 2 is 1.70 bits per heavy atom. The lowest BCUT2D eigenvalue weighted by Crippen LogP contribution is -2.34. The predicted octanol–water partition coefficient (Wildman–Crippen LogP) is 7.25. The van der Waals surface area contributed by atoms with Gasteiger partial charge in [0.15, 0.2) is 11.5 Å². The quantitative estimate of drug-likeness (QED) is 0.196. The molecule has 2 unspecified atom stereocenters. The second-order valence-corrected chi connectivity index (χ2v) is 12.0. The van der Waals surface area contributed by atoms with Gasteiger partial charge in [0, 0.05) is 31.4 Å². The van der Waals surface area contributed by atoms with Gasteiger partial charge in [0.1, 0.15) is 18.9 Å². The SMILES string of the molecule is C=O.CCCC(CCC)N(C)c1ccc(F)c(C)c1.CCCCN(C)CCC1CC(c2ccc3c(c2)OCO3)CN1CC=O. The number of unbranched alkanes of at least 4 members (excludes halogenated alkanes) is 1. The molecule has 1 fully saturated rings. The van der Waals surface area contributed by atoms with Crippen molar-refractivity contribution in [2.45, 2.75) is 97.1 Å². The maximum atomic E-state index is 13.2. The van der Waals surface area contributed by atoms with E-state index in [1.54, 1.807) is 6.07 Å². The molecule has 4 rings (SSSR count). The molecule has 246 valence electrons. The number of rotatable bonds is 15. The number of hydrogen-bond donors (Lipinski definition) is 0. The highest BCUT2D eigenvalue weighted by Crippen LogP contribution is 2.39. The number of halogens is 1. The van der Waals surface area contributed by atoms with Gasteiger partial charge in [0.2, 0.25) is 6.79 Å². The Balaban J connectivity index is 0.000000311. The van der Waals surface area contributed by atoms with Crippen molar-refractivity contribution in [3.8, 4) is 11.5 Å². The van der Waals surface area contributed by atoms with Crippen molar-refractivity contribution in [1.82, 2.24) is 9.80 Å². The molecule has 44 heavy (non-hydrogen) atoms. The van der Waals surface area contributed by atoms with Crippen LogP contribution >= 0.6 is 0 Å². The first-order valence-corrected chi connectivity index (χ1v) is 16.3. The average Bonchev–Trinajstić information content (AvgIpc) is 3.68. The number of ether oxygens (including phenoxy) is 2. The van der Waals surface area contributed by atoms with Gasteiger partial charge in [-0.1, -0.05) is 46.1 Å². The van der Waals surface area contributed by atoms with Crippen LogP contribution in [-0.4, -0.2) is 82.0 Å². The fourth-order valence-corrected chi connectivity index (χ4v) is 6.18. The Morgan fingerprint density at radius 1 is 1.00 bits per heavy atom. The molecule has 2 aromatic rings. The normalized spacial score (nSPS) is 17.2. The highest BCUT2D eigenvalue weighted by atomic mass is 19.1. The van der Waals surface area contributed by atoms with Crippen LogP contribution in [-0.2, 0) is 9.59 Å². The van der Waals surface area contributed by atoms with Crippen molar-refractivity contribution in [3.63, 3.8) is 0 Å². The molecule has 0 aromatic heterocycles. The molecule has 1 saturated heterocycles. The van der Waals surface area contributed by atoms with Gasteiger partial charge >= 0.3 is 0 Å². The van der Waals surface area contributed by atoms with Crippen LogP contribution in [0.1, 0.15) is 89.2 Å². The standard InChI is InChI=1S/C20H30N2O3.C15H24FN.CH2O/c1-3-4-8-21(2)9-7-18-12-17(14-22(18)10-11-23)16-5-6-19-20(13-16)25-15-24-19;1-5-7-13(8-6-2)17(4)14-9-10-15(16)12(3)11-14;1-2/h5-6,11,13,17-18H,3-4,7-10,12,14-15H2,1-2H3;9-11,13H,5-8H2,1-4H3;1H2. The molecule has 0 spiro atoms. The first kappa shape index (κ1) is 37.2. The zero-order valence-corrected chi connectivity index (χ0v) is 28.0. The number of anilines is 1. The van der Waals surface area contributed by atoms with Crippen molar-refractivity contribution >= 4 is 18.8 Å². The van der Waals surface area contributed by atoms with E-state index in [1.165, 1.54) is 44.1 Å². The number of likely N-dealkylation sites (tertiary alicyclic amines) is 1. The second kappa shape index (κ2) is 20.1. The fourth-order valence-electron chi connectivity index (χ4n) is 6.18. The monoisotopic (exact) mass is 613 g/mol. The van der Waals surface area contributed by atoms with E-state index in [-0.39, 0.29) is 5.82 Å². The molecular weight excluding hydrogens is 557 g/mol. The van der Waals surface area contributed by atoms with Crippen LogP contribution in [0.4, 0.5) is 10.1 Å². The summed E-state index contributed by atoms with van der Waals surface area (Å²) in [6.45, 7) is 14.5. The van der Waals surface area contributed by atoms with E-state index in [2.05, 4.69) is 61.7 Å². The number of aldehydes is 1. The average molecular weight is 614 g/mol. The minimum absolute atomic E-state index is 0.121. The van der Waals surface area contributed by atoms with Gasteiger partial charge in [-0.3, -0.25) is 4.90 Å². The van der Waals surface area contributed by atoms with Crippen molar-refractivity contribution in [2.75, 3.05) is 52.0 Å². The summed E-state index contributed by atoms with van der Waals surface area (Å²) in [5.74, 6) is 2.02.